The fraction of sp³-hybridized carbons (Fsp3) is 0. The topological polar surface area (TPSA) is 60.5 Å². The molecule has 0 aliphatic carbocycles. The molecule has 0 fully saturated rings. The van der Waals surface area contributed by atoms with E-state index in [0.717, 1.165) is 11.1 Å². The van der Waals surface area contributed by atoms with Crippen molar-refractivity contribution in [2.75, 3.05) is 0 Å². The molecule has 2 aromatic rings. The van der Waals surface area contributed by atoms with Gasteiger partial charge in [-0.1, -0.05) is 12.1 Å². The van der Waals surface area contributed by atoms with Gasteiger partial charge in [-0.3, -0.25) is 4.98 Å². The Hall–Kier alpha value is -2.65. The molecule has 3 nitrogen and oxygen atoms in total. The van der Waals surface area contributed by atoms with Gasteiger partial charge in [0.25, 0.3) is 0 Å². The van der Waals surface area contributed by atoms with Crippen molar-refractivity contribution in [1.82, 2.24) is 4.98 Å². The summed E-state index contributed by atoms with van der Waals surface area (Å²) in [6.45, 7) is 0. The van der Waals surface area contributed by atoms with Gasteiger partial charge in [0.2, 0.25) is 0 Å². The second-order valence-electron chi connectivity index (χ2n) is 3.19. The van der Waals surface area contributed by atoms with Gasteiger partial charge in [0.05, 0.1) is 11.1 Å². The van der Waals surface area contributed by atoms with Gasteiger partial charge in [-0.05, 0) is 23.8 Å². The lowest BCUT2D eigenvalue weighted by Crippen LogP contribution is -1.89. The molecule has 0 aliphatic rings. The van der Waals surface area contributed by atoms with Gasteiger partial charge in [-0.2, -0.15) is 10.5 Å². The first-order chi connectivity index (χ1) is 7.86. The molecule has 0 unspecified atom stereocenters. The van der Waals surface area contributed by atoms with E-state index in [1.807, 2.05) is 24.3 Å². The highest BCUT2D eigenvalue weighted by atomic mass is 14.6. The maximum absolute atomic E-state index is 9.07. The van der Waals surface area contributed by atoms with E-state index in [0.29, 0.717) is 11.1 Å². The van der Waals surface area contributed by atoms with Crippen LogP contribution in [0.1, 0.15) is 11.1 Å². The minimum atomic E-state index is 0.400. The fourth-order valence-electron chi connectivity index (χ4n) is 1.54. The summed E-state index contributed by atoms with van der Waals surface area (Å²) < 4.78 is 0. The molecule has 0 saturated carbocycles. The molecule has 1 aromatic carbocycles. The molecule has 0 amide bonds. The van der Waals surface area contributed by atoms with Crippen LogP contribution in [0.2, 0.25) is 0 Å². The molecule has 1 heterocycles. The number of nitrogens with zero attached hydrogens (tertiary/aromatic N) is 3. The Morgan fingerprint density at radius 2 is 1.69 bits per heavy atom. The van der Waals surface area contributed by atoms with Gasteiger partial charge in [0.1, 0.15) is 12.1 Å². The summed E-state index contributed by atoms with van der Waals surface area (Å²) in [7, 11) is 0. The third-order valence-electron chi connectivity index (χ3n) is 2.29. The molecule has 2 rings (SSSR count). The van der Waals surface area contributed by atoms with E-state index in [9.17, 15) is 0 Å². The minimum Gasteiger partial charge on any atom is -0.265 e. The Morgan fingerprint density at radius 1 is 0.938 bits per heavy atom. The first kappa shape index (κ1) is 9.89. The SMILES string of the molecule is N#Cc1cccc(-c2ccncc2)c1C#N. The van der Waals surface area contributed by atoms with Gasteiger partial charge in [0.15, 0.2) is 0 Å². The van der Waals surface area contributed by atoms with E-state index < -0.39 is 0 Å². The maximum Gasteiger partial charge on any atom is 0.101 e. The van der Waals surface area contributed by atoms with Crippen molar-refractivity contribution in [2.24, 2.45) is 0 Å². The predicted octanol–water partition coefficient (Wildman–Crippen LogP) is 2.49. The van der Waals surface area contributed by atoms with Crippen LogP contribution in [0.25, 0.3) is 11.1 Å². The van der Waals surface area contributed by atoms with Crippen LogP contribution in [-0.2, 0) is 0 Å². The molecule has 0 aliphatic heterocycles. The van der Waals surface area contributed by atoms with Crippen LogP contribution >= 0.6 is 0 Å². The molecule has 0 spiro atoms. The normalized spacial score (nSPS) is 9.12. The Bertz CT molecular complexity index is 589. The largest absolute Gasteiger partial charge is 0.265 e. The number of aromatic nitrogens is 1. The molecular weight excluding hydrogens is 198 g/mol. The first-order valence-corrected chi connectivity index (χ1v) is 4.70. The minimum absolute atomic E-state index is 0.400. The lowest BCUT2D eigenvalue weighted by molar-refractivity contribution is 1.33. The summed E-state index contributed by atoms with van der Waals surface area (Å²) in [6.07, 6.45) is 3.32. The van der Waals surface area contributed by atoms with E-state index >= 15 is 0 Å². The van der Waals surface area contributed by atoms with Crippen LogP contribution in [0.4, 0.5) is 0 Å². The fourth-order valence-corrected chi connectivity index (χ4v) is 1.54. The van der Waals surface area contributed by atoms with Gasteiger partial charge < -0.3 is 0 Å². The summed E-state index contributed by atoms with van der Waals surface area (Å²) in [4.78, 5) is 3.92. The van der Waals surface area contributed by atoms with Crippen LogP contribution in [-0.4, -0.2) is 4.98 Å². The van der Waals surface area contributed by atoms with Crippen molar-refractivity contribution in [2.45, 2.75) is 0 Å². The first-order valence-electron chi connectivity index (χ1n) is 4.70. The van der Waals surface area contributed by atoms with Crippen molar-refractivity contribution >= 4 is 0 Å². The monoisotopic (exact) mass is 205 g/mol. The third-order valence-corrected chi connectivity index (χ3v) is 2.29. The van der Waals surface area contributed by atoms with Gasteiger partial charge in [-0.15, -0.1) is 0 Å². The molecule has 0 atom stereocenters. The zero-order valence-electron chi connectivity index (χ0n) is 8.38. The van der Waals surface area contributed by atoms with Crippen LogP contribution in [0.3, 0.4) is 0 Å². The summed E-state index contributed by atoms with van der Waals surface area (Å²) in [5, 5.41) is 18.0. The highest BCUT2D eigenvalue weighted by molar-refractivity contribution is 5.73. The number of nitriles is 2. The van der Waals surface area contributed by atoms with Gasteiger partial charge in [0, 0.05) is 18.0 Å². The second-order valence-corrected chi connectivity index (χ2v) is 3.19. The number of benzene rings is 1. The van der Waals surface area contributed by atoms with E-state index in [1.165, 1.54) is 0 Å². The standard InChI is InChI=1S/C13H7N3/c14-8-11-2-1-3-12(13(11)9-15)10-4-6-16-7-5-10/h1-7H. The highest BCUT2D eigenvalue weighted by Crippen LogP contribution is 2.24. The second kappa shape index (κ2) is 4.25. The quantitative estimate of drug-likeness (QED) is 0.718. The maximum atomic E-state index is 9.07. The molecule has 1 aromatic heterocycles. The van der Waals surface area contributed by atoms with E-state index in [4.69, 9.17) is 10.5 Å². The number of hydrogen-bond acceptors (Lipinski definition) is 3. The van der Waals surface area contributed by atoms with Crippen LogP contribution in [0.15, 0.2) is 42.7 Å². The van der Waals surface area contributed by atoms with E-state index in [1.54, 1.807) is 24.5 Å². The molecular formula is C13H7N3. The van der Waals surface area contributed by atoms with E-state index in [-0.39, 0.29) is 0 Å². The average molecular weight is 205 g/mol. The Labute approximate surface area is 93.2 Å². The van der Waals surface area contributed by atoms with Crippen LogP contribution in [0.5, 0.6) is 0 Å². The average Bonchev–Trinajstić information content (AvgIpc) is 2.38. The highest BCUT2D eigenvalue weighted by Gasteiger charge is 2.08. The van der Waals surface area contributed by atoms with Crippen molar-refractivity contribution in [3.05, 3.63) is 53.9 Å². The molecule has 16 heavy (non-hydrogen) atoms. The Kier molecular flexibility index (Phi) is 2.63. The molecule has 74 valence electrons. The number of pyridine rings is 1. The van der Waals surface area contributed by atoms with E-state index in [2.05, 4.69) is 11.1 Å². The van der Waals surface area contributed by atoms with Gasteiger partial charge in [-0.25, -0.2) is 0 Å². The summed E-state index contributed by atoms with van der Waals surface area (Å²) >= 11 is 0. The van der Waals surface area contributed by atoms with Crippen molar-refractivity contribution < 1.29 is 0 Å². The predicted molar refractivity (Wildman–Crippen MR) is 59.1 cm³/mol. The Balaban J connectivity index is 2.69. The molecule has 0 bridgehead atoms. The summed E-state index contributed by atoms with van der Waals surface area (Å²) in [5.74, 6) is 0. The van der Waals surface area contributed by atoms with Crippen LogP contribution in [0, 0.1) is 22.7 Å². The molecule has 0 radical (unpaired) electrons. The van der Waals surface area contributed by atoms with Crippen LogP contribution < -0.4 is 0 Å². The van der Waals surface area contributed by atoms with Crippen molar-refractivity contribution in [3.63, 3.8) is 0 Å². The zero-order chi connectivity index (χ0) is 11.4. The number of rotatable bonds is 1. The smallest absolute Gasteiger partial charge is 0.101 e. The third kappa shape index (κ3) is 1.63. The molecule has 3 heteroatoms. The van der Waals surface area contributed by atoms with Crippen molar-refractivity contribution in [3.8, 4) is 23.3 Å². The van der Waals surface area contributed by atoms with Gasteiger partial charge >= 0.3 is 0 Å². The zero-order valence-corrected chi connectivity index (χ0v) is 8.38. The summed E-state index contributed by atoms with van der Waals surface area (Å²) in [6, 6.07) is 13.0. The summed E-state index contributed by atoms with van der Waals surface area (Å²) in [5.41, 5.74) is 2.47. The molecule has 0 N–H and O–H groups in total. The molecule has 0 saturated heterocycles. The Morgan fingerprint density at radius 3 is 2.31 bits per heavy atom. The number of hydrogen-bond donors (Lipinski definition) is 0. The lowest BCUT2D eigenvalue weighted by Gasteiger charge is -2.04. The van der Waals surface area contributed by atoms with Crippen molar-refractivity contribution in [1.29, 1.82) is 10.5 Å². The lowest BCUT2D eigenvalue weighted by atomic mass is 9.97.